The highest BCUT2D eigenvalue weighted by atomic mass is 32.2. The number of hydrogen-bond donors (Lipinski definition) is 1. The molecule has 1 heterocycles. The average molecular weight is 305 g/mol. The zero-order chi connectivity index (χ0) is 14.4. The minimum Gasteiger partial charge on any atom is -0.297 e. The molecule has 0 aliphatic carbocycles. The number of carbonyl (C=O) groups excluding carboxylic acids is 1. The normalized spacial score (nSPS) is 10.9. The van der Waals surface area contributed by atoms with E-state index in [1.807, 2.05) is 37.4 Å². The number of nitrogens with one attached hydrogen (secondary N) is 1. The van der Waals surface area contributed by atoms with Gasteiger partial charge in [0.15, 0.2) is 0 Å². The Kier molecular flexibility index (Phi) is 5.31. The first-order valence-electron chi connectivity index (χ1n) is 6.16. The molecule has 0 saturated carbocycles. The number of rotatable bonds is 5. The lowest BCUT2D eigenvalue weighted by Gasteiger charge is -1.97. The molecule has 0 radical (unpaired) electrons. The molecule has 1 N–H and O–H groups in total. The van der Waals surface area contributed by atoms with Gasteiger partial charge in [-0.2, -0.15) is 0 Å². The Morgan fingerprint density at radius 2 is 2.10 bits per heavy atom. The minimum atomic E-state index is -0.197. The van der Waals surface area contributed by atoms with Crippen molar-refractivity contribution in [2.75, 3.05) is 11.6 Å². The SMILES string of the molecule is CCc1nnc(NC(=O)/C=C/c2ccc(SC)cc2)s1. The smallest absolute Gasteiger partial charge is 0.250 e. The number of aryl methyl sites for hydroxylation is 1. The van der Waals surface area contributed by atoms with Crippen LogP contribution in [0.3, 0.4) is 0 Å². The second-order valence-corrected chi connectivity index (χ2v) is 5.89. The molecule has 0 bridgehead atoms. The Morgan fingerprint density at radius 3 is 2.70 bits per heavy atom. The molecule has 20 heavy (non-hydrogen) atoms. The number of amides is 1. The van der Waals surface area contributed by atoms with Gasteiger partial charge < -0.3 is 0 Å². The summed E-state index contributed by atoms with van der Waals surface area (Å²) in [7, 11) is 0. The van der Waals surface area contributed by atoms with Gasteiger partial charge in [0.2, 0.25) is 11.0 Å². The molecule has 104 valence electrons. The van der Waals surface area contributed by atoms with Crippen LogP contribution in [0.25, 0.3) is 6.08 Å². The first kappa shape index (κ1) is 14.7. The lowest BCUT2D eigenvalue weighted by atomic mass is 10.2. The van der Waals surface area contributed by atoms with Gasteiger partial charge in [-0.3, -0.25) is 10.1 Å². The Balaban J connectivity index is 1.94. The summed E-state index contributed by atoms with van der Waals surface area (Å²) in [6.45, 7) is 2.00. The van der Waals surface area contributed by atoms with Crippen LogP contribution in [0.1, 0.15) is 17.5 Å². The topological polar surface area (TPSA) is 54.9 Å². The average Bonchev–Trinajstić information content (AvgIpc) is 2.93. The van der Waals surface area contributed by atoms with Gasteiger partial charge in [-0.1, -0.05) is 30.4 Å². The van der Waals surface area contributed by atoms with E-state index in [0.29, 0.717) is 5.13 Å². The molecule has 0 spiro atoms. The van der Waals surface area contributed by atoms with Crippen molar-refractivity contribution < 1.29 is 4.79 Å². The van der Waals surface area contributed by atoms with Crippen LogP contribution < -0.4 is 5.32 Å². The van der Waals surface area contributed by atoms with Gasteiger partial charge in [-0.05, 0) is 36.4 Å². The van der Waals surface area contributed by atoms with Gasteiger partial charge in [0, 0.05) is 11.0 Å². The molecule has 1 aromatic carbocycles. The van der Waals surface area contributed by atoms with Crippen molar-refractivity contribution >= 4 is 40.2 Å². The Bertz CT molecular complexity index is 605. The Hall–Kier alpha value is -1.66. The maximum Gasteiger partial charge on any atom is 0.250 e. The van der Waals surface area contributed by atoms with Crippen molar-refractivity contribution in [3.8, 4) is 0 Å². The first-order valence-corrected chi connectivity index (χ1v) is 8.21. The molecule has 0 unspecified atom stereocenters. The van der Waals surface area contributed by atoms with E-state index in [4.69, 9.17) is 0 Å². The highest BCUT2D eigenvalue weighted by Crippen LogP contribution is 2.16. The summed E-state index contributed by atoms with van der Waals surface area (Å²) in [5.74, 6) is -0.197. The van der Waals surface area contributed by atoms with Gasteiger partial charge in [0.1, 0.15) is 5.01 Å². The summed E-state index contributed by atoms with van der Waals surface area (Å²) in [5, 5.41) is 12.0. The molecule has 2 aromatic rings. The number of anilines is 1. The first-order chi connectivity index (χ1) is 9.71. The van der Waals surface area contributed by atoms with Crippen LogP contribution in [0.15, 0.2) is 35.2 Å². The van der Waals surface area contributed by atoms with E-state index in [-0.39, 0.29) is 5.91 Å². The van der Waals surface area contributed by atoms with Crippen molar-refractivity contribution in [2.24, 2.45) is 0 Å². The van der Waals surface area contributed by atoms with Gasteiger partial charge >= 0.3 is 0 Å². The number of carbonyl (C=O) groups is 1. The monoisotopic (exact) mass is 305 g/mol. The second-order valence-electron chi connectivity index (χ2n) is 3.95. The van der Waals surface area contributed by atoms with E-state index in [0.717, 1.165) is 17.0 Å². The second kappa shape index (κ2) is 7.21. The zero-order valence-electron chi connectivity index (χ0n) is 11.3. The van der Waals surface area contributed by atoms with Crippen molar-refractivity contribution in [1.29, 1.82) is 0 Å². The van der Waals surface area contributed by atoms with Gasteiger partial charge in [-0.25, -0.2) is 0 Å². The van der Waals surface area contributed by atoms with Gasteiger partial charge in [0.05, 0.1) is 0 Å². The number of hydrogen-bond acceptors (Lipinski definition) is 5. The fraction of sp³-hybridized carbons (Fsp3) is 0.214. The molecule has 6 heteroatoms. The van der Waals surface area contributed by atoms with Gasteiger partial charge in [0.25, 0.3) is 0 Å². The highest BCUT2D eigenvalue weighted by molar-refractivity contribution is 7.98. The summed E-state index contributed by atoms with van der Waals surface area (Å²) in [6, 6.07) is 8.02. The number of aromatic nitrogens is 2. The Labute approximate surface area is 126 Å². The molecular weight excluding hydrogens is 290 g/mol. The van der Waals surface area contributed by atoms with E-state index in [1.54, 1.807) is 17.8 Å². The predicted molar refractivity (Wildman–Crippen MR) is 85.2 cm³/mol. The van der Waals surface area contributed by atoms with Gasteiger partial charge in [-0.15, -0.1) is 22.0 Å². The van der Waals surface area contributed by atoms with Crippen molar-refractivity contribution in [2.45, 2.75) is 18.2 Å². The van der Waals surface area contributed by atoms with Crippen molar-refractivity contribution in [3.05, 3.63) is 40.9 Å². The van der Waals surface area contributed by atoms with Crippen LogP contribution in [0.4, 0.5) is 5.13 Å². The number of thioether (sulfide) groups is 1. The van der Waals surface area contributed by atoms with Crippen LogP contribution in [0.5, 0.6) is 0 Å². The minimum absolute atomic E-state index is 0.197. The predicted octanol–water partition coefficient (Wildman–Crippen LogP) is 3.47. The molecule has 4 nitrogen and oxygen atoms in total. The van der Waals surface area contributed by atoms with E-state index in [2.05, 4.69) is 15.5 Å². The molecule has 0 atom stereocenters. The number of benzene rings is 1. The molecule has 0 saturated heterocycles. The third-order valence-electron chi connectivity index (χ3n) is 2.54. The third kappa shape index (κ3) is 4.18. The molecular formula is C14H15N3OS2. The largest absolute Gasteiger partial charge is 0.297 e. The van der Waals surface area contributed by atoms with Crippen LogP contribution >= 0.6 is 23.1 Å². The zero-order valence-corrected chi connectivity index (χ0v) is 12.9. The van der Waals surface area contributed by atoms with Crippen LogP contribution in [-0.2, 0) is 11.2 Å². The Morgan fingerprint density at radius 1 is 1.35 bits per heavy atom. The summed E-state index contributed by atoms with van der Waals surface area (Å²) < 4.78 is 0. The van der Waals surface area contributed by atoms with Crippen LogP contribution in [-0.4, -0.2) is 22.4 Å². The van der Waals surface area contributed by atoms with Crippen molar-refractivity contribution in [3.63, 3.8) is 0 Å². The van der Waals surface area contributed by atoms with E-state index in [9.17, 15) is 4.79 Å². The maximum atomic E-state index is 11.7. The summed E-state index contributed by atoms with van der Waals surface area (Å²) >= 11 is 3.09. The van der Waals surface area contributed by atoms with E-state index in [1.165, 1.54) is 22.3 Å². The van der Waals surface area contributed by atoms with E-state index < -0.39 is 0 Å². The third-order valence-corrected chi connectivity index (χ3v) is 4.27. The van der Waals surface area contributed by atoms with Crippen LogP contribution in [0, 0.1) is 0 Å². The molecule has 0 aliphatic rings. The molecule has 1 amide bonds. The molecule has 0 fully saturated rings. The van der Waals surface area contributed by atoms with E-state index >= 15 is 0 Å². The quantitative estimate of drug-likeness (QED) is 0.679. The fourth-order valence-electron chi connectivity index (χ4n) is 1.48. The highest BCUT2D eigenvalue weighted by Gasteiger charge is 2.04. The van der Waals surface area contributed by atoms with Crippen LogP contribution in [0.2, 0.25) is 0 Å². The molecule has 0 aliphatic heterocycles. The molecule has 2 rings (SSSR count). The fourth-order valence-corrected chi connectivity index (χ4v) is 2.57. The summed E-state index contributed by atoms with van der Waals surface area (Å²) in [4.78, 5) is 12.9. The maximum absolute atomic E-state index is 11.7. The molecule has 1 aromatic heterocycles. The summed E-state index contributed by atoms with van der Waals surface area (Å²) in [5.41, 5.74) is 0.990. The van der Waals surface area contributed by atoms with Crippen molar-refractivity contribution in [1.82, 2.24) is 10.2 Å². The number of nitrogens with zero attached hydrogens (tertiary/aromatic N) is 2. The lowest BCUT2D eigenvalue weighted by molar-refractivity contribution is -0.111. The lowest BCUT2D eigenvalue weighted by Crippen LogP contribution is -2.07. The summed E-state index contributed by atoms with van der Waals surface area (Å²) in [6.07, 6.45) is 6.14. The standard InChI is InChI=1S/C14H15N3OS2/c1-3-13-16-17-14(20-13)15-12(18)9-6-10-4-7-11(19-2)8-5-10/h4-9H,3H2,1-2H3,(H,15,17,18)/b9-6+.